The van der Waals surface area contributed by atoms with Crippen molar-refractivity contribution in [1.29, 1.82) is 0 Å². The fraction of sp³-hybridized carbons (Fsp3) is 0.400. The molecule has 0 radical (unpaired) electrons. The van der Waals surface area contributed by atoms with Crippen molar-refractivity contribution in [3.8, 4) is 5.75 Å². The molecule has 194 valence electrons. The van der Waals surface area contributed by atoms with Gasteiger partial charge < -0.3 is 14.2 Å². The Bertz CT molecular complexity index is 1280. The number of ether oxygens (including phenoxy) is 3. The highest BCUT2D eigenvalue weighted by molar-refractivity contribution is 6.18. The molecule has 4 rings (SSSR count). The molecule has 0 spiro atoms. The smallest absolute Gasteiger partial charge is 0.336 e. The molecule has 0 aromatic heterocycles. The first-order valence-electron chi connectivity index (χ1n) is 12.7. The SMILES string of the molecule is CCOC(=O)C1=C(C)N=C2C[C@H](c3ccccc3OC)[C@@H](C(=O)OCC)C(=O)C2[C@@H]1c1ccccc1C. The van der Waals surface area contributed by atoms with Crippen molar-refractivity contribution in [2.24, 2.45) is 16.8 Å². The number of aliphatic imine (C=N–C) groups is 1. The van der Waals surface area contributed by atoms with E-state index in [2.05, 4.69) is 0 Å². The van der Waals surface area contributed by atoms with Crippen LogP contribution in [0.5, 0.6) is 5.75 Å². The van der Waals surface area contributed by atoms with Crippen molar-refractivity contribution in [3.05, 3.63) is 76.5 Å². The van der Waals surface area contributed by atoms with Gasteiger partial charge in [-0.2, -0.15) is 0 Å². The average molecular weight is 504 g/mol. The number of aryl methyl sites for hydroxylation is 1. The van der Waals surface area contributed by atoms with Gasteiger partial charge in [0.05, 0.1) is 31.8 Å². The number of esters is 2. The first-order chi connectivity index (χ1) is 17.8. The summed E-state index contributed by atoms with van der Waals surface area (Å²) in [6.07, 6.45) is 0.357. The van der Waals surface area contributed by atoms with Crippen LogP contribution in [0.3, 0.4) is 0 Å². The van der Waals surface area contributed by atoms with Gasteiger partial charge in [-0.3, -0.25) is 14.6 Å². The van der Waals surface area contributed by atoms with Gasteiger partial charge in [0.1, 0.15) is 11.7 Å². The van der Waals surface area contributed by atoms with E-state index >= 15 is 0 Å². The normalized spacial score (nSPS) is 23.2. The van der Waals surface area contributed by atoms with E-state index in [0.717, 1.165) is 16.7 Å². The summed E-state index contributed by atoms with van der Waals surface area (Å²) in [4.78, 5) is 45.7. The summed E-state index contributed by atoms with van der Waals surface area (Å²) >= 11 is 0. The van der Waals surface area contributed by atoms with Crippen molar-refractivity contribution in [2.45, 2.75) is 46.0 Å². The zero-order valence-corrected chi connectivity index (χ0v) is 21.9. The minimum absolute atomic E-state index is 0.154. The third-order valence-corrected chi connectivity index (χ3v) is 7.25. The second-order valence-electron chi connectivity index (χ2n) is 9.32. The highest BCUT2D eigenvalue weighted by Gasteiger charge is 2.53. The molecule has 7 nitrogen and oxygen atoms in total. The molecule has 1 saturated carbocycles. The summed E-state index contributed by atoms with van der Waals surface area (Å²) in [5.41, 5.74) is 4.07. The molecular formula is C30H33NO6. The van der Waals surface area contributed by atoms with Crippen molar-refractivity contribution < 1.29 is 28.6 Å². The maximum absolute atomic E-state index is 14.4. The third-order valence-electron chi connectivity index (χ3n) is 7.25. The molecular weight excluding hydrogens is 470 g/mol. The number of para-hydroxylation sites is 1. The average Bonchev–Trinajstić information content (AvgIpc) is 2.88. The number of nitrogens with zero attached hydrogens (tertiary/aromatic N) is 1. The van der Waals surface area contributed by atoms with Crippen molar-refractivity contribution in [2.75, 3.05) is 20.3 Å². The van der Waals surface area contributed by atoms with Crippen LogP contribution in [0.1, 0.15) is 55.7 Å². The fourth-order valence-corrected chi connectivity index (χ4v) is 5.69. The Hall–Kier alpha value is -3.74. The fourth-order valence-electron chi connectivity index (χ4n) is 5.69. The molecule has 2 aromatic carbocycles. The van der Waals surface area contributed by atoms with Crippen LogP contribution in [0, 0.1) is 18.8 Å². The summed E-state index contributed by atoms with van der Waals surface area (Å²) < 4.78 is 16.4. The van der Waals surface area contributed by atoms with Gasteiger partial charge in [0.2, 0.25) is 0 Å². The third kappa shape index (κ3) is 4.82. The zero-order valence-electron chi connectivity index (χ0n) is 21.9. The molecule has 1 unspecified atom stereocenters. The number of ketones is 1. The van der Waals surface area contributed by atoms with E-state index in [9.17, 15) is 14.4 Å². The van der Waals surface area contributed by atoms with E-state index in [0.29, 0.717) is 29.2 Å². The maximum atomic E-state index is 14.4. The molecule has 2 aromatic rings. The standard InChI is InChI=1S/C30H33NO6/c1-6-36-29(33)24-18(4)31-22-16-21(20-14-10-11-15-23(20)35-5)26(30(34)37-7-2)28(32)27(22)25(24)19-13-9-8-12-17(19)3/h8-15,21,25-27H,6-7,16H2,1-5H3/t21-,25-,26-,27?/m1/s1. The first-order valence-corrected chi connectivity index (χ1v) is 12.7. The van der Waals surface area contributed by atoms with Crippen LogP contribution >= 0.6 is 0 Å². The monoisotopic (exact) mass is 503 g/mol. The molecule has 0 saturated heterocycles. The first kappa shape index (κ1) is 26.3. The minimum Gasteiger partial charge on any atom is -0.496 e. The topological polar surface area (TPSA) is 91.3 Å². The van der Waals surface area contributed by atoms with Crippen LogP contribution in [-0.4, -0.2) is 43.8 Å². The summed E-state index contributed by atoms with van der Waals surface area (Å²) in [6.45, 7) is 7.55. The number of hydrogen-bond donors (Lipinski definition) is 0. The Balaban J connectivity index is 1.93. The van der Waals surface area contributed by atoms with Crippen molar-refractivity contribution >= 4 is 23.4 Å². The van der Waals surface area contributed by atoms with Crippen LogP contribution < -0.4 is 4.74 Å². The maximum Gasteiger partial charge on any atom is 0.336 e. The van der Waals surface area contributed by atoms with E-state index in [1.165, 1.54) is 0 Å². The lowest BCUT2D eigenvalue weighted by atomic mass is 9.61. The number of benzene rings is 2. The van der Waals surface area contributed by atoms with E-state index < -0.39 is 35.6 Å². The number of methoxy groups -OCH3 is 1. The van der Waals surface area contributed by atoms with Crippen LogP contribution in [0.2, 0.25) is 0 Å². The highest BCUT2D eigenvalue weighted by Crippen LogP contribution is 2.50. The second kappa shape index (κ2) is 11.1. The van der Waals surface area contributed by atoms with Gasteiger partial charge in [-0.15, -0.1) is 0 Å². The summed E-state index contributed by atoms with van der Waals surface area (Å²) in [6, 6.07) is 15.1. The van der Waals surface area contributed by atoms with Crippen LogP contribution in [0.15, 0.2) is 64.8 Å². The molecule has 0 N–H and O–H groups in total. The van der Waals surface area contributed by atoms with Crippen LogP contribution in [0.25, 0.3) is 0 Å². The van der Waals surface area contributed by atoms with Crippen molar-refractivity contribution in [1.82, 2.24) is 0 Å². The Labute approximate surface area is 217 Å². The minimum atomic E-state index is -1.06. The predicted molar refractivity (Wildman–Crippen MR) is 140 cm³/mol. The molecule has 4 atom stereocenters. The summed E-state index contributed by atoms with van der Waals surface area (Å²) in [5.74, 6) is -3.75. The Kier molecular flexibility index (Phi) is 7.91. The van der Waals surface area contributed by atoms with E-state index in [4.69, 9.17) is 19.2 Å². The van der Waals surface area contributed by atoms with Crippen molar-refractivity contribution in [3.63, 3.8) is 0 Å². The van der Waals surface area contributed by atoms with E-state index in [1.54, 1.807) is 27.9 Å². The predicted octanol–water partition coefficient (Wildman–Crippen LogP) is 4.93. The van der Waals surface area contributed by atoms with Gasteiger partial charge in [0.15, 0.2) is 5.78 Å². The lowest BCUT2D eigenvalue weighted by Crippen LogP contribution is -2.49. The molecule has 1 heterocycles. The number of carbonyl (C=O) groups is 3. The lowest BCUT2D eigenvalue weighted by Gasteiger charge is -2.41. The van der Waals surface area contributed by atoms with Gasteiger partial charge in [0, 0.05) is 23.2 Å². The largest absolute Gasteiger partial charge is 0.496 e. The highest BCUT2D eigenvalue weighted by atomic mass is 16.5. The van der Waals surface area contributed by atoms with Gasteiger partial charge in [-0.05, 0) is 56.9 Å². The van der Waals surface area contributed by atoms with Gasteiger partial charge in [0.25, 0.3) is 0 Å². The quantitative estimate of drug-likeness (QED) is 0.393. The number of hydrogen-bond acceptors (Lipinski definition) is 7. The van der Waals surface area contributed by atoms with E-state index in [1.807, 2.05) is 55.5 Å². The Morgan fingerprint density at radius 3 is 2.22 bits per heavy atom. The van der Waals surface area contributed by atoms with Gasteiger partial charge in [-0.25, -0.2) is 4.79 Å². The number of allylic oxidation sites excluding steroid dienone is 1. The molecule has 1 fully saturated rings. The summed E-state index contributed by atoms with van der Waals surface area (Å²) in [7, 11) is 1.57. The van der Waals surface area contributed by atoms with Crippen LogP contribution in [0.4, 0.5) is 0 Å². The zero-order chi connectivity index (χ0) is 26.7. The Morgan fingerprint density at radius 2 is 1.57 bits per heavy atom. The number of carbonyl (C=O) groups excluding carboxylic acids is 3. The molecule has 1 aliphatic carbocycles. The molecule has 2 aliphatic rings. The number of Topliss-reactive ketones (excluding diaryl/α,β-unsaturated/α-hetero) is 1. The van der Waals surface area contributed by atoms with Gasteiger partial charge >= 0.3 is 11.9 Å². The number of rotatable bonds is 7. The van der Waals surface area contributed by atoms with Gasteiger partial charge in [-0.1, -0.05) is 42.5 Å². The molecule has 0 amide bonds. The molecule has 1 aliphatic heterocycles. The number of fused-ring (bicyclic) bond motifs is 1. The van der Waals surface area contributed by atoms with E-state index in [-0.39, 0.29) is 19.0 Å². The summed E-state index contributed by atoms with van der Waals surface area (Å²) in [5, 5.41) is 0. The Morgan fingerprint density at radius 1 is 0.919 bits per heavy atom. The molecule has 37 heavy (non-hydrogen) atoms. The molecule has 0 bridgehead atoms. The second-order valence-corrected chi connectivity index (χ2v) is 9.32. The van der Waals surface area contributed by atoms with Crippen LogP contribution in [-0.2, 0) is 23.9 Å². The molecule has 7 heteroatoms. The lowest BCUT2D eigenvalue weighted by molar-refractivity contribution is -0.153.